The van der Waals surface area contributed by atoms with Crippen molar-refractivity contribution in [3.63, 3.8) is 0 Å². The van der Waals surface area contributed by atoms with Crippen molar-refractivity contribution in [1.29, 1.82) is 0 Å². The molecule has 1 fully saturated rings. The van der Waals surface area contributed by atoms with Gasteiger partial charge >= 0.3 is 0 Å². The van der Waals surface area contributed by atoms with Gasteiger partial charge in [0.1, 0.15) is 5.82 Å². The number of carbonyl (C=O) groups excluding carboxylic acids is 2. The molecular formula is C27H28N10O2. The molecule has 1 aromatic carbocycles. The quantitative estimate of drug-likeness (QED) is 0.315. The minimum atomic E-state index is -0.166. The van der Waals surface area contributed by atoms with Gasteiger partial charge in [0.15, 0.2) is 5.69 Å². The maximum absolute atomic E-state index is 13.1. The molecule has 6 rings (SSSR count). The largest absolute Gasteiger partial charge is 0.340 e. The molecule has 0 radical (unpaired) electrons. The third-order valence-corrected chi connectivity index (χ3v) is 7.03. The van der Waals surface area contributed by atoms with Crippen LogP contribution in [0.5, 0.6) is 0 Å². The zero-order valence-corrected chi connectivity index (χ0v) is 21.4. The maximum Gasteiger partial charge on any atom is 0.276 e. The molecule has 0 aliphatic carbocycles. The number of nitrogens with zero attached hydrogens (tertiary/aromatic N) is 6. The third-order valence-electron chi connectivity index (χ3n) is 7.03. The van der Waals surface area contributed by atoms with Crippen LogP contribution in [-0.4, -0.2) is 60.2 Å². The first-order valence-corrected chi connectivity index (χ1v) is 12.9. The van der Waals surface area contributed by atoms with E-state index in [1.807, 2.05) is 37.4 Å². The molecule has 12 heteroatoms. The van der Waals surface area contributed by atoms with Crippen molar-refractivity contribution in [2.45, 2.75) is 32.6 Å². The average Bonchev–Trinajstić information content (AvgIpc) is 3.63. The topological polar surface area (TPSA) is 154 Å². The van der Waals surface area contributed by atoms with Crippen molar-refractivity contribution in [3.05, 3.63) is 71.4 Å². The summed E-state index contributed by atoms with van der Waals surface area (Å²) in [6.45, 7) is 3.07. The number of H-pyrrole nitrogens is 1. The zero-order valence-electron chi connectivity index (χ0n) is 21.4. The first kappa shape index (κ1) is 24.5. The van der Waals surface area contributed by atoms with Gasteiger partial charge in [0, 0.05) is 48.8 Å². The normalized spacial score (nSPS) is 16.2. The fraction of sp³-hybridized carbons (Fsp3) is 0.296. The molecule has 5 heterocycles. The van der Waals surface area contributed by atoms with Crippen LogP contribution < -0.4 is 16.0 Å². The summed E-state index contributed by atoms with van der Waals surface area (Å²) >= 11 is 0. The summed E-state index contributed by atoms with van der Waals surface area (Å²) in [4.78, 5) is 40.8. The highest BCUT2D eigenvalue weighted by Crippen LogP contribution is 2.28. The Hall–Kier alpha value is -4.87. The highest BCUT2D eigenvalue weighted by Gasteiger charge is 2.29. The van der Waals surface area contributed by atoms with Crippen molar-refractivity contribution < 1.29 is 9.59 Å². The van der Waals surface area contributed by atoms with Crippen molar-refractivity contribution in [2.75, 3.05) is 29.0 Å². The molecule has 0 saturated carbocycles. The van der Waals surface area contributed by atoms with Gasteiger partial charge in [0.25, 0.3) is 5.91 Å². The Morgan fingerprint density at radius 1 is 1.10 bits per heavy atom. The van der Waals surface area contributed by atoms with Crippen molar-refractivity contribution in [2.24, 2.45) is 5.92 Å². The van der Waals surface area contributed by atoms with Gasteiger partial charge in [-0.2, -0.15) is 4.98 Å². The lowest BCUT2D eigenvalue weighted by atomic mass is 10.0. The van der Waals surface area contributed by atoms with E-state index in [4.69, 9.17) is 0 Å². The number of aromatic nitrogens is 6. The lowest BCUT2D eigenvalue weighted by molar-refractivity contribution is -0.117. The van der Waals surface area contributed by atoms with Gasteiger partial charge in [0.05, 0.1) is 18.1 Å². The molecule has 6 bridgehead atoms. The Bertz CT molecular complexity index is 1520. The summed E-state index contributed by atoms with van der Waals surface area (Å²) in [5, 5.41) is 19.7. The van der Waals surface area contributed by atoms with E-state index in [0.717, 1.165) is 46.6 Å². The molecule has 2 aliphatic rings. The number of hydrogen-bond acceptors (Lipinski definition) is 9. The maximum atomic E-state index is 13.1. The van der Waals surface area contributed by atoms with Gasteiger partial charge in [-0.05, 0) is 67.5 Å². The van der Waals surface area contributed by atoms with Crippen LogP contribution in [0.3, 0.4) is 0 Å². The summed E-state index contributed by atoms with van der Waals surface area (Å²) < 4.78 is 0. The van der Waals surface area contributed by atoms with Crippen LogP contribution in [0.25, 0.3) is 0 Å². The lowest BCUT2D eigenvalue weighted by Crippen LogP contribution is -2.29. The van der Waals surface area contributed by atoms with Gasteiger partial charge in [0.2, 0.25) is 11.9 Å². The van der Waals surface area contributed by atoms with E-state index in [-0.39, 0.29) is 17.7 Å². The number of likely N-dealkylation sites (tertiary alicyclic amines) is 1. The number of fused-ring (bicyclic) bond motifs is 6. The summed E-state index contributed by atoms with van der Waals surface area (Å²) in [5.41, 5.74) is 5.73. The van der Waals surface area contributed by atoms with Gasteiger partial charge < -0.3 is 20.9 Å². The number of amides is 2. The number of benzene rings is 1. The number of pyridine rings is 1. The molecule has 0 unspecified atom stereocenters. The molecule has 12 nitrogen and oxygen atoms in total. The Labute approximate surface area is 224 Å². The zero-order chi connectivity index (χ0) is 26.8. The summed E-state index contributed by atoms with van der Waals surface area (Å²) in [6.07, 6.45) is 9.41. The van der Waals surface area contributed by atoms with Crippen LogP contribution in [0.1, 0.15) is 40.0 Å². The van der Waals surface area contributed by atoms with Crippen molar-refractivity contribution in [3.8, 4) is 0 Å². The van der Waals surface area contributed by atoms with Crippen LogP contribution in [0.15, 0.2) is 49.1 Å². The van der Waals surface area contributed by atoms with Crippen LogP contribution in [0.4, 0.5) is 28.8 Å². The number of nitrogens with one attached hydrogen (secondary N) is 4. The molecule has 198 valence electrons. The first-order chi connectivity index (χ1) is 19.0. The Morgan fingerprint density at radius 2 is 2.03 bits per heavy atom. The summed E-state index contributed by atoms with van der Waals surface area (Å²) in [5.74, 6) is 1.03. The average molecular weight is 525 g/mol. The monoisotopic (exact) mass is 524 g/mol. The number of carbonyl (C=O) groups is 2. The van der Waals surface area contributed by atoms with E-state index in [9.17, 15) is 9.59 Å². The molecular weight excluding hydrogens is 496 g/mol. The molecule has 3 aromatic heterocycles. The second-order valence-corrected chi connectivity index (χ2v) is 9.95. The van der Waals surface area contributed by atoms with E-state index in [1.165, 1.54) is 6.20 Å². The van der Waals surface area contributed by atoms with Gasteiger partial charge in [-0.15, -0.1) is 5.10 Å². The van der Waals surface area contributed by atoms with E-state index in [2.05, 4.69) is 46.3 Å². The van der Waals surface area contributed by atoms with Crippen LogP contribution in [-0.2, 0) is 17.6 Å². The van der Waals surface area contributed by atoms with Crippen LogP contribution in [0, 0.1) is 12.8 Å². The minimum absolute atomic E-state index is 0.0697. The molecule has 0 spiro atoms. The summed E-state index contributed by atoms with van der Waals surface area (Å²) in [6, 6.07) is 7.94. The Balaban J connectivity index is 1.19. The fourth-order valence-electron chi connectivity index (χ4n) is 4.98. The fourth-order valence-corrected chi connectivity index (χ4v) is 4.98. The number of aromatic amines is 1. The Kier molecular flexibility index (Phi) is 6.57. The molecule has 4 N–H and O–H groups in total. The van der Waals surface area contributed by atoms with Gasteiger partial charge in [-0.1, -0.05) is 5.21 Å². The molecule has 39 heavy (non-hydrogen) atoms. The second-order valence-electron chi connectivity index (χ2n) is 9.95. The smallest absolute Gasteiger partial charge is 0.276 e. The molecule has 1 saturated heterocycles. The van der Waals surface area contributed by atoms with Crippen molar-refractivity contribution >= 4 is 40.6 Å². The standard InChI is InChI=1S/C27H28N10O2/c1-16-11-29-27-32-21-8-17(12-28-13-21)2-3-19-10-20(31-25(16)34-27)4-5-22(19)33-24(38)9-18-6-7-37(15-18)26(39)23-14-30-36-35-23/h4-5,8,10-14,18H,2-3,6-7,9,15H2,1H3,(H,33,38)(H,30,35,36)(H2,29,31,32,34)/t18-/m0/s1. The predicted molar refractivity (Wildman–Crippen MR) is 145 cm³/mol. The van der Waals surface area contributed by atoms with E-state index >= 15 is 0 Å². The highest BCUT2D eigenvalue weighted by molar-refractivity contribution is 5.93. The molecule has 4 aromatic rings. The molecule has 1 atom stereocenters. The van der Waals surface area contributed by atoms with Gasteiger partial charge in [-0.3, -0.25) is 19.7 Å². The number of anilines is 5. The minimum Gasteiger partial charge on any atom is -0.340 e. The van der Waals surface area contributed by atoms with Gasteiger partial charge in [-0.25, -0.2) is 4.98 Å². The number of hydrogen-bond donors (Lipinski definition) is 4. The molecule has 2 amide bonds. The van der Waals surface area contributed by atoms with E-state index < -0.39 is 0 Å². The van der Waals surface area contributed by atoms with Crippen LogP contribution in [0.2, 0.25) is 0 Å². The lowest BCUT2D eigenvalue weighted by Gasteiger charge is -2.17. The van der Waals surface area contributed by atoms with E-state index in [1.54, 1.807) is 17.3 Å². The van der Waals surface area contributed by atoms with Crippen molar-refractivity contribution in [1.82, 2.24) is 35.3 Å². The second kappa shape index (κ2) is 10.5. The Morgan fingerprint density at radius 3 is 2.90 bits per heavy atom. The number of rotatable bonds is 4. The molecule has 2 aliphatic heterocycles. The third kappa shape index (κ3) is 5.54. The first-order valence-electron chi connectivity index (χ1n) is 12.9. The van der Waals surface area contributed by atoms with Crippen LogP contribution >= 0.6 is 0 Å². The number of aryl methyl sites for hydroxylation is 3. The summed E-state index contributed by atoms with van der Waals surface area (Å²) in [7, 11) is 0. The SMILES string of the molecule is Cc1cnc2nc1Nc1ccc(NC(=O)C[C@@H]3CCN(C(=O)c4c[nH]nn4)C3)c(c1)CCc1cncc(c1)N2. The predicted octanol–water partition coefficient (Wildman–Crippen LogP) is 3.37. The highest BCUT2D eigenvalue weighted by atomic mass is 16.2. The van der Waals surface area contributed by atoms with E-state index in [0.29, 0.717) is 43.4 Å².